The van der Waals surface area contributed by atoms with Crippen LogP contribution < -0.4 is 0 Å². The van der Waals surface area contributed by atoms with E-state index in [9.17, 15) is 17.6 Å². The van der Waals surface area contributed by atoms with Crippen molar-refractivity contribution in [2.45, 2.75) is 0 Å². The third kappa shape index (κ3) is 1.04. The van der Waals surface area contributed by atoms with Gasteiger partial charge in [0.2, 0.25) is 0 Å². The van der Waals surface area contributed by atoms with Gasteiger partial charge in [-0.25, -0.2) is 0 Å². The van der Waals surface area contributed by atoms with Crippen molar-refractivity contribution in [2.24, 2.45) is 0 Å². The highest BCUT2D eigenvalue weighted by atomic mass is 19.2. The third-order valence-electron chi connectivity index (χ3n) is 0.733. The maximum atomic E-state index is 11.8. The number of halogens is 4. The van der Waals surface area contributed by atoms with Crippen molar-refractivity contribution in [3.05, 3.63) is 23.8 Å². The normalized spacial score (nSPS) is 10.0. The molecule has 0 amide bonds. The quantitative estimate of drug-likeness (QED) is 0.519. The lowest BCUT2D eigenvalue weighted by Gasteiger charge is -1.90. The molecular formula is C4F4N2. The van der Waals surface area contributed by atoms with Gasteiger partial charge >= 0.3 is 0 Å². The molecule has 0 atom stereocenters. The standard InChI is InChI=1S/C4F4N2/c5-1-2(6)10-4(8)3(7)9-1. The van der Waals surface area contributed by atoms with Crippen LogP contribution >= 0.6 is 0 Å². The highest BCUT2D eigenvalue weighted by molar-refractivity contribution is 4.85. The van der Waals surface area contributed by atoms with E-state index in [-0.39, 0.29) is 0 Å². The van der Waals surface area contributed by atoms with Crippen LogP contribution in [0.25, 0.3) is 0 Å². The van der Waals surface area contributed by atoms with Gasteiger partial charge in [-0.1, -0.05) is 0 Å². The molecule has 0 saturated heterocycles. The Balaban J connectivity index is 3.28. The van der Waals surface area contributed by atoms with Crippen LogP contribution in [-0.2, 0) is 0 Å². The maximum Gasteiger partial charge on any atom is 0.271 e. The number of rotatable bonds is 0. The Morgan fingerprint density at radius 2 is 0.800 bits per heavy atom. The molecule has 0 aliphatic rings. The molecule has 1 aromatic rings. The van der Waals surface area contributed by atoms with Gasteiger partial charge in [0.1, 0.15) is 0 Å². The largest absolute Gasteiger partial charge is 0.271 e. The molecule has 0 aliphatic carbocycles. The summed E-state index contributed by atoms with van der Waals surface area (Å²) in [6, 6.07) is 0. The molecule has 1 aromatic heterocycles. The van der Waals surface area contributed by atoms with E-state index in [1.807, 2.05) is 0 Å². The summed E-state index contributed by atoms with van der Waals surface area (Å²) in [5.41, 5.74) is 0. The lowest BCUT2D eigenvalue weighted by atomic mass is 10.7. The molecule has 0 aromatic carbocycles. The minimum atomic E-state index is -1.75. The molecule has 1 rings (SSSR count). The topological polar surface area (TPSA) is 25.8 Å². The first-order valence-electron chi connectivity index (χ1n) is 2.15. The molecule has 0 aliphatic heterocycles. The van der Waals surface area contributed by atoms with E-state index in [1.54, 1.807) is 0 Å². The summed E-state index contributed by atoms with van der Waals surface area (Å²) in [7, 11) is 0. The average Bonchev–Trinajstić information content (AvgIpc) is 1.84. The molecule has 2 nitrogen and oxygen atoms in total. The number of aromatic nitrogens is 2. The number of hydrogen-bond acceptors (Lipinski definition) is 2. The molecule has 0 radical (unpaired) electrons. The molecule has 0 spiro atoms. The summed E-state index contributed by atoms with van der Waals surface area (Å²) in [5, 5.41) is 0. The van der Waals surface area contributed by atoms with Gasteiger partial charge in [-0.15, -0.1) is 0 Å². The minimum Gasteiger partial charge on any atom is -0.182 e. The van der Waals surface area contributed by atoms with Gasteiger partial charge in [0.15, 0.2) is 0 Å². The second kappa shape index (κ2) is 2.20. The Hall–Kier alpha value is -1.20. The summed E-state index contributed by atoms with van der Waals surface area (Å²) in [6.07, 6.45) is 0. The fraction of sp³-hybridized carbons (Fsp3) is 0. The van der Waals surface area contributed by atoms with Crippen molar-refractivity contribution in [2.75, 3.05) is 0 Å². The zero-order valence-corrected chi connectivity index (χ0v) is 4.41. The molecule has 0 N–H and O–H groups in total. The van der Waals surface area contributed by atoms with Crippen LogP contribution in [0.4, 0.5) is 17.6 Å². The summed E-state index contributed by atoms with van der Waals surface area (Å²) < 4.78 is 47.2. The fourth-order valence-electron chi connectivity index (χ4n) is 0.357. The average molecular weight is 152 g/mol. The van der Waals surface area contributed by atoms with E-state index >= 15 is 0 Å². The number of hydrogen-bond donors (Lipinski definition) is 0. The van der Waals surface area contributed by atoms with Crippen molar-refractivity contribution < 1.29 is 17.6 Å². The maximum absolute atomic E-state index is 11.8. The lowest BCUT2D eigenvalue weighted by molar-refractivity contribution is 0.367. The van der Waals surface area contributed by atoms with E-state index in [4.69, 9.17) is 0 Å². The lowest BCUT2D eigenvalue weighted by Crippen LogP contribution is -2.01. The first kappa shape index (κ1) is 6.91. The van der Waals surface area contributed by atoms with Crippen LogP contribution in [-0.4, -0.2) is 9.97 Å². The summed E-state index contributed by atoms with van der Waals surface area (Å²) >= 11 is 0. The molecule has 54 valence electrons. The molecule has 0 fully saturated rings. The van der Waals surface area contributed by atoms with Crippen molar-refractivity contribution >= 4 is 0 Å². The number of nitrogens with zero attached hydrogens (tertiary/aromatic N) is 2. The van der Waals surface area contributed by atoms with Gasteiger partial charge in [0, 0.05) is 0 Å². The van der Waals surface area contributed by atoms with Gasteiger partial charge in [-0.05, 0) is 0 Å². The summed E-state index contributed by atoms with van der Waals surface area (Å²) in [6.45, 7) is 0. The first-order valence-corrected chi connectivity index (χ1v) is 2.15. The second-order valence-electron chi connectivity index (χ2n) is 1.39. The summed E-state index contributed by atoms with van der Waals surface area (Å²) in [5.74, 6) is -7.00. The molecule has 10 heavy (non-hydrogen) atoms. The Kier molecular flexibility index (Phi) is 1.52. The van der Waals surface area contributed by atoms with Crippen molar-refractivity contribution in [3.8, 4) is 0 Å². The zero-order valence-electron chi connectivity index (χ0n) is 4.41. The van der Waals surface area contributed by atoms with Gasteiger partial charge in [-0.2, -0.15) is 27.5 Å². The van der Waals surface area contributed by atoms with Crippen molar-refractivity contribution in [3.63, 3.8) is 0 Å². The Labute approximate surface area is 52.5 Å². The van der Waals surface area contributed by atoms with Crippen LogP contribution in [0.2, 0.25) is 0 Å². The first-order chi connectivity index (χ1) is 4.61. The van der Waals surface area contributed by atoms with Crippen molar-refractivity contribution in [1.29, 1.82) is 0 Å². The molecule has 6 heteroatoms. The Morgan fingerprint density at radius 3 is 1.00 bits per heavy atom. The Morgan fingerprint density at radius 1 is 0.600 bits per heavy atom. The van der Waals surface area contributed by atoms with Crippen LogP contribution in [0, 0.1) is 23.8 Å². The van der Waals surface area contributed by atoms with Gasteiger partial charge < -0.3 is 0 Å². The van der Waals surface area contributed by atoms with Crippen LogP contribution in [0.1, 0.15) is 0 Å². The molecule has 0 bridgehead atoms. The van der Waals surface area contributed by atoms with Gasteiger partial charge in [-0.3, -0.25) is 0 Å². The Bertz CT molecular complexity index is 211. The smallest absolute Gasteiger partial charge is 0.182 e. The van der Waals surface area contributed by atoms with E-state index < -0.39 is 23.8 Å². The summed E-state index contributed by atoms with van der Waals surface area (Å²) in [4.78, 5) is 4.45. The van der Waals surface area contributed by atoms with Crippen molar-refractivity contribution in [1.82, 2.24) is 9.97 Å². The van der Waals surface area contributed by atoms with Crippen LogP contribution in [0.15, 0.2) is 0 Å². The minimum absolute atomic E-state index is 1.75. The zero-order chi connectivity index (χ0) is 7.72. The monoisotopic (exact) mass is 152 g/mol. The molecule has 0 saturated carbocycles. The molecule has 0 unspecified atom stereocenters. The fourth-order valence-corrected chi connectivity index (χ4v) is 0.357. The second-order valence-corrected chi connectivity index (χ2v) is 1.39. The highest BCUT2D eigenvalue weighted by Gasteiger charge is 2.11. The van der Waals surface area contributed by atoms with E-state index in [0.29, 0.717) is 0 Å². The molecule has 1 heterocycles. The van der Waals surface area contributed by atoms with E-state index in [0.717, 1.165) is 0 Å². The van der Waals surface area contributed by atoms with Gasteiger partial charge in [0.05, 0.1) is 0 Å². The highest BCUT2D eigenvalue weighted by Crippen LogP contribution is 2.02. The van der Waals surface area contributed by atoms with Crippen LogP contribution in [0.5, 0.6) is 0 Å². The van der Waals surface area contributed by atoms with Crippen LogP contribution in [0.3, 0.4) is 0 Å². The van der Waals surface area contributed by atoms with Gasteiger partial charge in [0.25, 0.3) is 23.8 Å². The van der Waals surface area contributed by atoms with E-state index in [1.165, 1.54) is 0 Å². The predicted molar refractivity (Wildman–Crippen MR) is 21.9 cm³/mol. The third-order valence-corrected chi connectivity index (χ3v) is 0.733. The van der Waals surface area contributed by atoms with E-state index in [2.05, 4.69) is 9.97 Å². The SMILES string of the molecule is Fc1nc(F)c(F)nc1F. The molecular weight excluding hydrogens is 152 g/mol. The predicted octanol–water partition coefficient (Wildman–Crippen LogP) is 1.03.